The fraction of sp³-hybridized carbons (Fsp3) is 0.667. The number of hydrogen-bond acceptors (Lipinski definition) is 4. The van der Waals surface area contributed by atoms with Crippen molar-refractivity contribution < 1.29 is 0 Å². The summed E-state index contributed by atoms with van der Waals surface area (Å²) in [6, 6.07) is 0.671. The maximum atomic E-state index is 4.90. The Hall–Kier alpha value is -1.07. The molecule has 1 aliphatic heterocycles. The molecule has 1 aliphatic rings. The molecule has 2 aromatic heterocycles. The molecule has 2 aromatic rings. The molecule has 0 aromatic carbocycles. The van der Waals surface area contributed by atoms with Crippen molar-refractivity contribution in [3.63, 3.8) is 0 Å². The van der Waals surface area contributed by atoms with E-state index >= 15 is 0 Å². The summed E-state index contributed by atoms with van der Waals surface area (Å²) in [5.41, 5.74) is 1.33. The summed E-state index contributed by atoms with van der Waals surface area (Å²) >= 11 is 1.73. The lowest BCUT2D eigenvalue weighted by atomic mass is 10.2. The SMILES string of the molecule is CCCNCc1c(N2CCCC2CC)nc2sccn12. The Morgan fingerprint density at radius 2 is 2.35 bits per heavy atom. The fourth-order valence-corrected chi connectivity index (χ4v) is 3.87. The standard InChI is InChI=1S/C15H24N4S/c1-3-7-16-11-13-14(17-15-19(13)9-10-20-15)18-8-5-6-12(18)4-2/h9-10,12,16H,3-8,11H2,1-2H3. The van der Waals surface area contributed by atoms with Crippen LogP contribution in [0.5, 0.6) is 0 Å². The van der Waals surface area contributed by atoms with E-state index in [1.807, 2.05) is 0 Å². The highest BCUT2D eigenvalue weighted by Crippen LogP contribution is 2.31. The number of hydrogen-bond donors (Lipinski definition) is 1. The molecule has 1 unspecified atom stereocenters. The predicted molar refractivity (Wildman–Crippen MR) is 85.7 cm³/mol. The first-order valence-corrected chi connectivity index (χ1v) is 8.64. The summed E-state index contributed by atoms with van der Waals surface area (Å²) in [4.78, 5) is 8.55. The highest BCUT2D eigenvalue weighted by atomic mass is 32.1. The molecule has 0 spiro atoms. The molecule has 1 saturated heterocycles. The maximum absolute atomic E-state index is 4.90. The van der Waals surface area contributed by atoms with Crippen molar-refractivity contribution in [2.75, 3.05) is 18.0 Å². The van der Waals surface area contributed by atoms with Crippen molar-refractivity contribution >= 4 is 22.1 Å². The van der Waals surface area contributed by atoms with Gasteiger partial charge in [0.1, 0.15) is 0 Å². The summed E-state index contributed by atoms with van der Waals surface area (Å²) in [7, 11) is 0. The third-order valence-corrected chi connectivity index (χ3v) is 4.94. The molecule has 5 heteroatoms. The molecular weight excluding hydrogens is 268 g/mol. The van der Waals surface area contributed by atoms with E-state index in [0.717, 1.165) is 24.6 Å². The number of anilines is 1. The van der Waals surface area contributed by atoms with Gasteiger partial charge in [-0.05, 0) is 32.2 Å². The van der Waals surface area contributed by atoms with Crippen molar-refractivity contribution in [3.8, 4) is 0 Å². The molecule has 4 nitrogen and oxygen atoms in total. The second-order valence-electron chi connectivity index (χ2n) is 5.51. The fourth-order valence-electron chi connectivity index (χ4n) is 3.14. The average Bonchev–Trinajstić information content (AvgIpc) is 3.13. The predicted octanol–water partition coefficient (Wildman–Crippen LogP) is 3.27. The zero-order valence-corrected chi connectivity index (χ0v) is 13.2. The number of thiazole rings is 1. The molecule has 20 heavy (non-hydrogen) atoms. The molecule has 3 rings (SSSR count). The molecular formula is C15H24N4S. The Balaban J connectivity index is 1.92. The van der Waals surface area contributed by atoms with Crippen molar-refractivity contribution in [3.05, 3.63) is 17.3 Å². The van der Waals surface area contributed by atoms with Crippen molar-refractivity contribution in [1.29, 1.82) is 0 Å². The van der Waals surface area contributed by atoms with E-state index in [-0.39, 0.29) is 0 Å². The van der Waals surface area contributed by atoms with Gasteiger partial charge in [-0.3, -0.25) is 4.40 Å². The Morgan fingerprint density at radius 1 is 1.45 bits per heavy atom. The first kappa shape index (κ1) is 13.9. The van der Waals surface area contributed by atoms with Gasteiger partial charge in [0.2, 0.25) is 0 Å². The quantitative estimate of drug-likeness (QED) is 0.829. The van der Waals surface area contributed by atoms with Crippen LogP contribution >= 0.6 is 11.3 Å². The molecule has 1 atom stereocenters. The third-order valence-electron chi connectivity index (χ3n) is 4.18. The van der Waals surface area contributed by atoms with E-state index in [2.05, 4.69) is 40.0 Å². The van der Waals surface area contributed by atoms with Gasteiger partial charge in [-0.1, -0.05) is 13.8 Å². The van der Waals surface area contributed by atoms with Crippen LogP contribution < -0.4 is 10.2 Å². The zero-order valence-electron chi connectivity index (χ0n) is 12.4. The second-order valence-corrected chi connectivity index (χ2v) is 6.39. The van der Waals surface area contributed by atoms with Crippen LogP contribution in [0.3, 0.4) is 0 Å². The van der Waals surface area contributed by atoms with E-state index < -0.39 is 0 Å². The summed E-state index contributed by atoms with van der Waals surface area (Å²) in [6.45, 7) is 7.63. The Kier molecular flexibility index (Phi) is 4.27. The number of aromatic nitrogens is 2. The van der Waals surface area contributed by atoms with Crippen molar-refractivity contribution in [2.45, 2.75) is 52.1 Å². The summed E-state index contributed by atoms with van der Waals surface area (Å²) in [5, 5.41) is 5.65. The summed E-state index contributed by atoms with van der Waals surface area (Å²) in [5.74, 6) is 1.21. The third kappa shape index (κ3) is 2.44. The van der Waals surface area contributed by atoms with Gasteiger partial charge in [-0.2, -0.15) is 0 Å². The van der Waals surface area contributed by atoms with Crippen LogP contribution in [0.2, 0.25) is 0 Å². The monoisotopic (exact) mass is 292 g/mol. The molecule has 1 fully saturated rings. The van der Waals surface area contributed by atoms with Gasteiger partial charge in [0.15, 0.2) is 10.8 Å². The normalized spacial score (nSPS) is 19.3. The Bertz CT molecular complexity index is 559. The van der Waals surface area contributed by atoms with Gasteiger partial charge in [0, 0.05) is 30.7 Å². The molecule has 0 saturated carbocycles. The van der Waals surface area contributed by atoms with Gasteiger partial charge in [-0.25, -0.2) is 4.98 Å². The highest BCUT2D eigenvalue weighted by Gasteiger charge is 2.28. The van der Waals surface area contributed by atoms with E-state index in [4.69, 9.17) is 4.98 Å². The van der Waals surface area contributed by atoms with Crippen LogP contribution in [0, 0.1) is 0 Å². The van der Waals surface area contributed by atoms with E-state index in [9.17, 15) is 0 Å². The molecule has 0 aliphatic carbocycles. The second kappa shape index (κ2) is 6.14. The first-order chi connectivity index (χ1) is 9.85. The van der Waals surface area contributed by atoms with Crippen molar-refractivity contribution in [2.24, 2.45) is 0 Å². The van der Waals surface area contributed by atoms with Gasteiger partial charge in [0.05, 0.1) is 5.69 Å². The lowest BCUT2D eigenvalue weighted by Crippen LogP contribution is -2.30. The van der Waals surface area contributed by atoms with Crippen LogP contribution in [0.4, 0.5) is 5.82 Å². The minimum absolute atomic E-state index is 0.671. The molecule has 0 radical (unpaired) electrons. The topological polar surface area (TPSA) is 32.6 Å². The smallest absolute Gasteiger partial charge is 0.195 e. The number of rotatable bonds is 6. The first-order valence-electron chi connectivity index (χ1n) is 7.77. The van der Waals surface area contributed by atoms with Crippen LogP contribution in [0.1, 0.15) is 45.2 Å². The van der Waals surface area contributed by atoms with Crippen LogP contribution in [-0.2, 0) is 6.54 Å². The summed E-state index contributed by atoms with van der Waals surface area (Å²) < 4.78 is 2.26. The van der Waals surface area contributed by atoms with Crippen LogP contribution in [0.15, 0.2) is 11.6 Å². The lowest BCUT2D eigenvalue weighted by molar-refractivity contribution is 0.628. The molecule has 1 N–H and O–H groups in total. The maximum Gasteiger partial charge on any atom is 0.195 e. The number of imidazole rings is 1. The molecule has 110 valence electrons. The highest BCUT2D eigenvalue weighted by molar-refractivity contribution is 7.15. The minimum Gasteiger partial charge on any atom is -0.352 e. The molecule has 0 amide bonds. The van der Waals surface area contributed by atoms with Gasteiger partial charge >= 0.3 is 0 Å². The number of nitrogens with zero attached hydrogens (tertiary/aromatic N) is 3. The summed E-state index contributed by atoms with van der Waals surface area (Å²) in [6.07, 6.45) is 7.14. The van der Waals surface area contributed by atoms with Crippen LogP contribution in [0.25, 0.3) is 4.96 Å². The largest absolute Gasteiger partial charge is 0.352 e. The van der Waals surface area contributed by atoms with Gasteiger partial charge < -0.3 is 10.2 Å². The van der Waals surface area contributed by atoms with Crippen molar-refractivity contribution in [1.82, 2.24) is 14.7 Å². The van der Waals surface area contributed by atoms with E-state index in [1.165, 1.54) is 37.2 Å². The van der Waals surface area contributed by atoms with E-state index in [0.29, 0.717) is 6.04 Å². The number of nitrogens with one attached hydrogen (secondary N) is 1. The van der Waals surface area contributed by atoms with E-state index in [1.54, 1.807) is 11.3 Å². The number of fused-ring (bicyclic) bond motifs is 1. The van der Waals surface area contributed by atoms with Gasteiger partial charge in [-0.15, -0.1) is 11.3 Å². The van der Waals surface area contributed by atoms with Gasteiger partial charge in [0.25, 0.3) is 0 Å². The zero-order chi connectivity index (χ0) is 13.9. The Morgan fingerprint density at radius 3 is 3.15 bits per heavy atom. The molecule has 3 heterocycles. The lowest BCUT2D eigenvalue weighted by Gasteiger charge is -2.24. The average molecular weight is 292 g/mol. The Labute approximate surface area is 124 Å². The van der Waals surface area contributed by atoms with Crippen LogP contribution in [-0.4, -0.2) is 28.5 Å². The molecule has 0 bridgehead atoms. The minimum atomic E-state index is 0.671.